The fraction of sp³-hybridized carbons (Fsp3) is 0.571. The molecular formula is C14H21N. The first-order chi connectivity index (χ1) is 7.29. The zero-order valence-electron chi connectivity index (χ0n) is 9.79. The summed E-state index contributed by atoms with van der Waals surface area (Å²) in [6, 6.07) is 9.00. The van der Waals surface area contributed by atoms with Crippen molar-refractivity contribution in [3.05, 3.63) is 35.4 Å². The Morgan fingerprint density at radius 2 is 1.93 bits per heavy atom. The fourth-order valence-corrected chi connectivity index (χ4v) is 2.26. The highest BCUT2D eigenvalue weighted by Gasteiger charge is 2.30. The summed E-state index contributed by atoms with van der Waals surface area (Å²) in [5, 5.41) is 3.32. The Morgan fingerprint density at radius 1 is 1.27 bits per heavy atom. The maximum Gasteiger partial charge on any atom is -0.00177 e. The standard InChI is InChI=1S/C14H21N/c1-11-3-5-12(6-4-11)9-14(10-15-2)13-7-8-13/h3-6,13-15H,7-10H2,1-2H3. The maximum atomic E-state index is 3.32. The molecule has 1 heteroatoms. The van der Waals surface area contributed by atoms with E-state index in [0.717, 1.165) is 11.8 Å². The molecule has 1 aliphatic rings. The molecule has 1 nitrogen and oxygen atoms in total. The highest BCUT2D eigenvalue weighted by Crippen LogP contribution is 2.38. The molecule has 0 aliphatic heterocycles. The van der Waals surface area contributed by atoms with Crippen molar-refractivity contribution in [1.29, 1.82) is 0 Å². The van der Waals surface area contributed by atoms with E-state index >= 15 is 0 Å². The van der Waals surface area contributed by atoms with Crippen molar-refractivity contribution in [2.75, 3.05) is 13.6 Å². The number of aryl methyl sites for hydroxylation is 1. The first-order valence-electron chi connectivity index (χ1n) is 5.99. The van der Waals surface area contributed by atoms with Crippen LogP contribution in [0.1, 0.15) is 24.0 Å². The zero-order valence-corrected chi connectivity index (χ0v) is 9.79. The van der Waals surface area contributed by atoms with Crippen LogP contribution in [0.3, 0.4) is 0 Å². The Bertz CT molecular complexity index is 298. The van der Waals surface area contributed by atoms with Crippen LogP contribution in [0, 0.1) is 18.8 Å². The monoisotopic (exact) mass is 203 g/mol. The number of rotatable bonds is 5. The molecule has 0 spiro atoms. The van der Waals surface area contributed by atoms with E-state index in [9.17, 15) is 0 Å². The normalized spacial score (nSPS) is 17.7. The Labute approximate surface area is 92.9 Å². The van der Waals surface area contributed by atoms with Crippen LogP contribution in [0.5, 0.6) is 0 Å². The Hall–Kier alpha value is -0.820. The molecule has 0 aromatic heterocycles. The van der Waals surface area contributed by atoms with E-state index in [1.54, 1.807) is 0 Å². The summed E-state index contributed by atoms with van der Waals surface area (Å²) in [5.74, 6) is 1.83. The van der Waals surface area contributed by atoms with Crippen molar-refractivity contribution in [2.45, 2.75) is 26.2 Å². The van der Waals surface area contributed by atoms with E-state index < -0.39 is 0 Å². The SMILES string of the molecule is CNCC(Cc1ccc(C)cc1)C1CC1. The van der Waals surface area contributed by atoms with Crippen LogP contribution in [-0.4, -0.2) is 13.6 Å². The van der Waals surface area contributed by atoms with E-state index in [0.29, 0.717) is 0 Å². The number of nitrogens with one attached hydrogen (secondary N) is 1. The molecule has 1 saturated carbocycles. The molecule has 1 aromatic carbocycles. The zero-order chi connectivity index (χ0) is 10.7. The van der Waals surface area contributed by atoms with Crippen molar-refractivity contribution < 1.29 is 0 Å². The van der Waals surface area contributed by atoms with E-state index in [4.69, 9.17) is 0 Å². The van der Waals surface area contributed by atoms with Gasteiger partial charge in [-0.2, -0.15) is 0 Å². The summed E-state index contributed by atoms with van der Waals surface area (Å²) in [6.45, 7) is 3.31. The molecule has 0 heterocycles. The van der Waals surface area contributed by atoms with Crippen molar-refractivity contribution in [2.24, 2.45) is 11.8 Å². The third-order valence-corrected chi connectivity index (χ3v) is 3.37. The second-order valence-corrected chi connectivity index (χ2v) is 4.84. The van der Waals surface area contributed by atoms with Crippen LogP contribution >= 0.6 is 0 Å². The lowest BCUT2D eigenvalue weighted by atomic mass is 9.94. The minimum Gasteiger partial charge on any atom is -0.319 e. The average molecular weight is 203 g/mol. The van der Waals surface area contributed by atoms with Crippen LogP contribution in [0.2, 0.25) is 0 Å². The minimum absolute atomic E-state index is 0.845. The number of hydrogen-bond acceptors (Lipinski definition) is 1. The highest BCUT2D eigenvalue weighted by molar-refractivity contribution is 5.22. The van der Waals surface area contributed by atoms with Gasteiger partial charge in [-0.25, -0.2) is 0 Å². The third-order valence-electron chi connectivity index (χ3n) is 3.37. The van der Waals surface area contributed by atoms with Crippen molar-refractivity contribution in [1.82, 2.24) is 5.32 Å². The van der Waals surface area contributed by atoms with Gasteiger partial charge in [-0.15, -0.1) is 0 Å². The summed E-state index contributed by atoms with van der Waals surface area (Å²) >= 11 is 0. The van der Waals surface area contributed by atoms with Crippen LogP contribution in [-0.2, 0) is 6.42 Å². The Morgan fingerprint density at radius 3 is 2.47 bits per heavy atom. The molecule has 1 aromatic rings. The largest absolute Gasteiger partial charge is 0.319 e. The maximum absolute atomic E-state index is 3.32. The topological polar surface area (TPSA) is 12.0 Å². The lowest BCUT2D eigenvalue weighted by molar-refractivity contribution is 0.440. The van der Waals surface area contributed by atoms with Crippen LogP contribution in [0.15, 0.2) is 24.3 Å². The molecule has 1 N–H and O–H groups in total. The van der Waals surface area contributed by atoms with Gasteiger partial charge in [0.1, 0.15) is 0 Å². The van der Waals surface area contributed by atoms with Gasteiger partial charge < -0.3 is 5.32 Å². The number of hydrogen-bond donors (Lipinski definition) is 1. The van der Waals surface area contributed by atoms with Gasteiger partial charge in [0.25, 0.3) is 0 Å². The van der Waals surface area contributed by atoms with Gasteiger partial charge in [0.2, 0.25) is 0 Å². The quantitative estimate of drug-likeness (QED) is 0.776. The number of benzene rings is 1. The molecule has 15 heavy (non-hydrogen) atoms. The molecule has 0 radical (unpaired) electrons. The summed E-state index contributed by atoms with van der Waals surface area (Å²) in [6.07, 6.45) is 4.13. The molecule has 0 bridgehead atoms. The van der Waals surface area contributed by atoms with Gasteiger partial charge in [0, 0.05) is 0 Å². The lowest BCUT2D eigenvalue weighted by Crippen LogP contribution is -2.22. The van der Waals surface area contributed by atoms with E-state index in [1.807, 2.05) is 0 Å². The Balaban J connectivity index is 1.95. The van der Waals surface area contributed by atoms with E-state index in [2.05, 4.69) is 43.6 Å². The molecule has 2 rings (SSSR count). The average Bonchev–Trinajstić information content (AvgIpc) is 3.04. The van der Waals surface area contributed by atoms with Gasteiger partial charge in [-0.3, -0.25) is 0 Å². The molecular weight excluding hydrogens is 182 g/mol. The van der Waals surface area contributed by atoms with Gasteiger partial charge in [-0.1, -0.05) is 29.8 Å². The van der Waals surface area contributed by atoms with Gasteiger partial charge in [-0.05, 0) is 57.2 Å². The van der Waals surface area contributed by atoms with Crippen molar-refractivity contribution >= 4 is 0 Å². The van der Waals surface area contributed by atoms with Gasteiger partial charge in [0.05, 0.1) is 0 Å². The minimum atomic E-state index is 0.845. The van der Waals surface area contributed by atoms with Crippen molar-refractivity contribution in [3.8, 4) is 0 Å². The molecule has 1 fully saturated rings. The van der Waals surface area contributed by atoms with Gasteiger partial charge >= 0.3 is 0 Å². The second kappa shape index (κ2) is 4.80. The van der Waals surface area contributed by atoms with Gasteiger partial charge in [0.15, 0.2) is 0 Å². The summed E-state index contributed by atoms with van der Waals surface area (Å²) < 4.78 is 0. The molecule has 0 amide bonds. The first-order valence-corrected chi connectivity index (χ1v) is 5.99. The molecule has 82 valence electrons. The molecule has 0 saturated heterocycles. The molecule has 1 aliphatic carbocycles. The summed E-state index contributed by atoms with van der Waals surface area (Å²) in [5.41, 5.74) is 2.85. The first kappa shape index (κ1) is 10.7. The molecule has 1 atom stereocenters. The summed E-state index contributed by atoms with van der Waals surface area (Å²) in [7, 11) is 2.06. The Kier molecular flexibility index (Phi) is 3.42. The highest BCUT2D eigenvalue weighted by atomic mass is 14.8. The van der Waals surface area contributed by atoms with Crippen LogP contribution in [0.25, 0.3) is 0 Å². The van der Waals surface area contributed by atoms with Crippen LogP contribution < -0.4 is 5.32 Å². The fourth-order valence-electron chi connectivity index (χ4n) is 2.26. The van der Waals surface area contributed by atoms with Crippen molar-refractivity contribution in [3.63, 3.8) is 0 Å². The smallest absolute Gasteiger partial charge is 0.00177 e. The van der Waals surface area contributed by atoms with Crippen LogP contribution in [0.4, 0.5) is 0 Å². The molecule has 1 unspecified atom stereocenters. The third kappa shape index (κ3) is 3.07. The van der Waals surface area contributed by atoms with E-state index in [-0.39, 0.29) is 0 Å². The lowest BCUT2D eigenvalue weighted by Gasteiger charge is -2.15. The predicted molar refractivity (Wildman–Crippen MR) is 65.0 cm³/mol. The second-order valence-electron chi connectivity index (χ2n) is 4.84. The predicted octanol–water partition coefficient (Wildman–Crippen LogP) is 2.78. The summed E-state index contributed by atoms with van der Waals surface area (Å²) in [4.78, 5) is 0. The van der Waals surface area contributed by atoms with E-state index in [1.165, 1.54) is 36.9 Å².